The largest absolute Gasteiger partial charge is 0.198 e. The third-order valence-electron chi connectivity index (χ3n) is 2.07. The van der Waals surface area contributed by atoms with Gasteiger partial charge in [0.05, 0.1) is 25.0 Å². The molecule has 78 valence electrons. The highest BCUT2D eigenvalue weighted by Gasteiger charge is 2.05. The van der Waals surface area contributed by atoms with Crippen molar-refractivity contribution in [2.75, 3.05) is 0 Å². The van der Waals surface area contributed by atoms with Gasteiger partial charge in [0.25, 0.3) is 0 Å². The minimum atomic E-state index is 0.473. The average molecular weight is 244 g/mol. The van der Waals surface area contributed by atoms with Crippen LogP contribution in [0.2, 0.25) is 0 Å². The molecule has 0 spiro atoms. The molecule has 2 nitrogen and oxygen atoms in total. The second kappa shape index (κ2) is 4.94. The summed E-state index contributed by atoms with van der Waals surface area (Å²) < 4.78 is 0. The van der Waals surface area contributed by atoms with Gasteiger partial charge in [0.15, 0.2) is 0 Å². The molecule has 2 heterocycles. The zero-order chi connectivity index (χ0) is 11.4. The van der Waals surface area contributed by atoms with Crippen LogP contribution in [0.1, 0.15) is 9.75 Å². The van der Waals surface area contributed by atoms with E-state index in [1.807, 2.05) is 24.3 Å². The monoisotopic (exact) mass is 244 g/mol. The molecule has 0 unspecified atom stereocenters. The number of nitrogens with zero attached hydrogens (tertiary/aromatic N) is 2. The maximum atomic E-state index is 8.60. The van der Waals surface area contributed by atoms with Crippen molar-refractivity contribution in [3.05, 3.63) is 34.0 Å². The van der Waals surface area contributed by atoms with Crippen molar-refractivity contribution >= 4 is 22.7 Å². The number of rotatable bonds is 3. The van der Waals surface area contributed by atoms with Gasteiger partial charge in [-0.05, 0) is 24.3 Å². The van der Waals surface area contributed by atoms with Gasteiger partial charge in [-0.25, -0.2) is 0 Å². The minimum absolute atomic E-state index is 0.473. The maximum absolute atomic E-state index is 8.60. The minimum Gasteiger partial charge on any atom is -0.198 e. The molecule has 0 atom stereocenters. The normalized spacial score (nSPS) is 9.62. The zero-order valence-corrected chi connectivity index (χ0v) is 10.1. The lowest BCUT2D eigenvalue weighted by Gasteiger charge is -1.88. The average Bonchev–Trinajstić information content (AvgIpc) is 2.87. The molecule has 0 N–H and O–H groups in total. The van der Waals surface area contributed by atoms with Crippen LogP contribution in [0, 0.1) is 22.7 Å². The summed E-state index contributed by atoms with van der Waals surface area (Å²) in [4.78, 5) is 4.54. The highest BCUT2D eigenvalue weighted by atomic mass is 32.1. The summed E-state index contributed by atoms with van der Waals surface area (Å²) in [5, 5.41) is 17.2. The Kier molecular flexibility index (Phi) is 3.36. The second-order valence-electron chi connectivity index (χ2n) is 3.20. The summed E-state index contributed by atoms with van der Waals surface area (Å²) in [7, 11) is 0. The van der Waals surface area contributed by atoms with Crippen molar-refractivity contribution in [2.45, 2.75) is 12.8 Å². The van der Waals surface area contributed by atoms with E-state index in [9.17, 15) is 0 Å². The van der Waals surface area contributed by atoms with Crippen molar-refractivity contribution in [1.82, 2.24) is 0 Å². The Morgan fingerprint density at radius 2 is 1.25 bits per heavy atom. The van der Waals surface area contributed by atoms with Crippen LogP contribution in [0.5, 0.6) is 0 Å². The molecule has 16 heavy (non-hydrogen) atoms. The van der Waals surface area contributed by atoms with Gasteiger partial charge in [0, 0.05) is 19.5 Å². The Labute approximate surface area is 102 Å². The Balaban J connectivity index is 2.22. The van der Waals surface area contributed by atoms with Gasteiger partial charge < -0.3 is 0 Å². The van der Waals surface area contributed by atoms with Crippen LogP contribution in [-0.2, 0) is 12.8 Å². The predicted octanol–water partition coefficient (Wildman–Crippen LogP) is 3.61. The fourth-order valence-corrected chi connectivity index (χ4v) is 3.34. The van der Waals surface area contributed by atoms with Crippen molar-refractivity contribution in [3.8, 4) is 21.9 Å². The van der Waals surface area contributed by atoms with Crippen LogP contribution in [0.4, 0.5) is 0 Å². The topological polar surface area (TPSA) is 47.6 Å². The summed E-state index contributed by atoms with van der Waals surface area (Å²) in [5.41, 5.74) is 0. The molecule has 0 bridgehead atoms. The third-order valence-corrected chi connectivity index (χ3v) is 4.44. The highest BCUT2D eigenvalue weighted by molar-refractivity contribution is 7.22. The lowest BCUT2D eigenvalue weighted by atomic mass is 10.3. The van der Waals surface area contributed by atoms with E-state index < -0.39 is 0 Å². The van der Waals surface area contributed by atoms with Crippen LogP contribution >= 0.6 is 22.7 Å². The number of hydrogen-bond donors (Lipinski definition) is 0. The van der Waals surface area contributed by atoms with Gasteiger partial charge >= 0.3 is 0 Å². The molecule has 2 aromatic heterocycles. The number of thiophene rings is 2. The van der Waals surface area contributed by atoms with Gasteiger partial charge in [-0.15, -0.1) is 22.7 Å². The van der Waals surface area contributed by atoms with Crippen LogP contribution in [0.25, 0.3) is 9.75 Å². The van der Waals surface area contributed by atoms with Gasteiger partial charge in [0.2, 0.25) is 0 Å². The SMILES string of the molecule is N#CCc1ccc(-c2ccc(CC#N)s2)s1. The van der Waals surface area contributed by atoms with Crippen molar-refractivity contribution in [3.63, 3.8) is 0 Å². The first-order valence-corrected chi connectivity index (χ1v) is 6.38. The van der Waals surface area contributed by atoms with E-state index >= 15 is 0 Å². The Morgan fingerprint density at radius 3 is 1.62 bits per heavy atom. The first kappa shape index (κ1) is 10.9. The summed E-state index contributed by atoms with van der Waals surface area (Å²) in [5.74, 6) is 0. The zero-order valence-electron chi connectivity index (χ0n) is 8.43. The fraction of sp³-hybridized carbons (Fsp3) is 0.167. The predicted molar refractivity (Wildman–Crippen MR) is 66.3 cm³/mol. The first-order valence-electron chi connectivity index (χ1n) is 4.75. The molecule has 2 aromatic rings. The van der Waals surface area contributed by atoms with Crippen LogP contribution in [0.3, 0.4) is 0 Å². The second-order valence-corrected chi connectivity index (χ2v) is 5.54. The molecular formula is C12H8N2S2. The summed E-state index contributed by atoms with van der Waals surface area (Å²) in [6.07, 6.45) is 0.947. The molecule has 0 amide bonds. The summed E-state index contributed by atoms with van der Waals surface area (Å²) in [6.45, 7) is 0. The highest BCUT2D eigenvalue weighted by Crippen LogP contribution is 2.33. The van der Waals surface area contributed by atoms with Crippen molar-refractivity contribution < 1.29 is 0 Å². The fourth-order valence-electron chi connectivity index (χ4n) is 1.37. The lowest BCUT2D eigenvalue weighted by molar-refractivity contribution is 1.32. The van der Waals surface area contributed by atoms with Gasteiger partial charge in [-0.1, -0.05) is 0 Å². The van der Waals surface area contributed by atoms with E-state index in [0.29, 0.717) is 12.8 Å². The Bertz CT molecular complexity index is 514. The van der Waals surface area contributed by atoms with Crippen LogP contribution < -0.4 is 0 Å². The molecule has 0 fully saturated rings. The molecule has 0 aliphatic carbocycles. The van der Waals surface area contributed by atoms with E-state index in [0.717, 1.165) is 9.75 Å². The van der Waals surface area contributed by atoms with E-state index in [-0.39, 0.29) is 0 Å². The molecule has 0 saturated heterocycles. The molecule has 0 radical (unpaired) electrons. The maximum Gasteiger partial charge on any atom is 0.0695 e. The van der Waals surface area contributed by atoms with Crippen molar-refractivity contribution in [2.24, 2.45) is 0 Å². The lowest BCUT2D eigenvalue weighted by Crippen LogP contribution is -1.68. The van der Waals surface area contributed by atoms with Gasteiger partial charge in [0.1, 0.15) is 0 Å². The van der Waals surface area contributed by atoms with Crippen LogP contribution in [0.15, 0.2) is 24.3 Å². The quantitative estimate of drug-likeness (QED) is 0.828. The van der Waals surface area contributed by atoms with E-state index in [2.05, 4.69) is 12.1 Å². The number of hydrogen-bond acceptors (Lipinski definition) is 4. The third kappa shape index (κ3) is 2.30. The first-order chi connectivity index (χ1) is 7.83. The smallest absolute Gasteiger partial charge is 0.0695 e. The molecule has 0 aliphatic rings. The molecule has 2 rings (SSSR count). The van der Waals surface area contributed by atoms with E-state index in [1.54, 1.807) is 22.7 Å². The van der Waals surface area contributed by atoms with Crippen molar-refractivity contribution in [1.29, 1.82) is 10.5 Å². The standard InChI is InChI=1S/C12H8N2S2/c13-7-5-9-1-3-11(15-9)12-4-2-10(16-12)6-8-14/h1-4H,5-6H2. The van der Waals surface area contributed by atoms with Gasteiger partial charge in [-0.2, -0.15) is 10.5 Å². The van der Waals surface area contributed by atoms with E-state index in [1.165, 1.54) is 9.75 Å². The van der Waals surface area contributed by atoms with Crippen LogP contribution in [-0.4, -0.2) is 0 Å². The summed E-state index contributed by atoms with van der Waals surface area (Å²) >= 11 is 3.29. The Hall–Kier alpha value is -1.62. The molecule has 0 saturated carbocycles. The van der Waals surface area contributed by atoms with E-state index in [4.69, 9.17) is 10.5 Å². The molecule has 0 aliphatic heterocycles. The van der Waals surface area contributed by atoms with Gasteiger partial charge in [-0.3, -0.25) is 0 Å². The molecular weight excluding hydrogens is 236 g/mol. The molecule has 0 aromatic carbocycles. The number of nitriles is 2. The summed E-state index contributed by atoms with van der Waals surface area (Å²) in [6, 6.07) is 12.4. The Morgan fingerprint density at radius 1 is 0.812 bits per heavy atom. The molecule has 4 heteroatoms.